The lowest BCUT2D eigenvalue weighted by atomic mass is 10.2. The number of benzene rings is 2. The van der Waals surface area contributed by atoms with Crippen LogP contribution in [-0.2, 0) is 9.59 Å². The zero-order valence-electron chi connectivity index (χ0n) is 16.4. The number of anilines is 1. The van der Waals surface area contributed by atoms with Crippen molar-refractivity contribution in [1.29, 1.82) is 0 Å². The van der Waals surface area contributed by atoms with Gasteiger partial charge in [0, 0.05) is 18.4 Å². The van der Waals surface area contributed by atoms with Crippen LogP contribution in [0.2, 0.25) is 0 Å². The molecule has 2 heterocycles. The number of fused-ring (bicyclic) bond motifs is 1. The minimum atomic E-state index is -0.481. The molecule has 0 saturated carbocycles. The van der Waals surface area contributed by atoms with Gasteiger partial charge in [0.25, 0.3) is 5.91 Å². The van der Waals surface area contributed by atoms with Crippen LogP contribution in [0.3, 0.4) is 0 Å². The fourth-order valence-corrected chi connectivity index (χ4v) is 3.09. The molecule has 3 amide bonds. The van der Waals surface area contributed by atoms with Crippen LogP contribution >= 0.6 is 0 Å². The highest BCUT2D eigenvalue weighted by atomic mass is 16.5. The maximum Gasteiger partial charge on any atom is 0.269 e. The van der Waals surface area contributed by atoms with Gasteiger partial charge >= 0.3 is 0 Å². The number of hydrogen-bond acceptors (Lipinski definition) is 7. The topological polar surface area (TPSA) is 131 Å². The molecule has 1 aliphatic heterocycles. The number of aromatic nitrogens is 4. The molecule has 3 aromatic rings. The van der Waals surface area contributed by atoms with E-state index in [0.717, 1.165) is 0 Å². The van der Waals surface area contributed by atoms with Gasteiger partial charge in [-0.3, -0.25) is 25.2 Å². The first-order chi connectivity index (χ1) is 15.1. The Morgan fingerprint density at radius 3 is 2.58 bits per heavy atom. The quantitative estimate of drug-likeness (QED) is 0.578. The predicted molar refractivity (Wildman–Crippen MR) is 108 cm³/mol. The first kappa shape index (κ1) is 20.0. The molecular weight excluding hydrogens is 402 g/mol. The summed E-state index contributed by atoms with van der Waals surface area (Å²) in [4.78, 5) is 38.4. The van der Waals surface area contributed by atoms with E-state index in [4.69, 9.17) is 4.74 Å². The molecule has 1 aliphatic rings. The SMILES string of the molecule is O=C(CCC(=O)N1CCOc2ccccc21)NNC(=O)c1ccc(-n2cnnn2)cc1. The molecule has 2 aromatic carbocycles. The summed E-state index contributed by atoms with van der Waals surface area (Å²) in [6.45, 7) is 0.825. The molecule has 1 aromatic heterocycles. The molecule has 0 fully saturated rings. The Kier molecular flexibility index (Phi) is 5.83. The fourth-order valence-electron chi connectivity index (χ4n) is 3.09. The lowest BCUT2D eigenvalue weighted by Crippen LogP contribution is -2.42. The lowest BCUT2D eigenvalue weighted by Gasteiger charge is -2.29. The van der Waals surface area contributed by atoms with Gasteiger partial charge in [0.2, 0.25) is 11.8 Å². The molecule has 31 heavy (non-hydrogen) atoms. The van der Waals surface area contributed by atoms with Crippen LogP contribution in [-0.4, -0.2) is 51.1 Å². The van der Waals surface area contributed by atoms with Gasteiger partial charge in [0.1, 0.15) is 18.7 Å². The van der Waals surface area contributed by atoms with Crippen LogP contribution < -0.4 is 20.5 Å². The molecule has 0 spiro atoms. The number of nitrogens with zero attached hydrogens (tertiary/aromatic N) is 5. The van der Waals surface area contributed by atoms with E-state index in [9.17, 15) is 14.4 Å². The van der Waals surface area contributed by atoms with E-state index in [1.54, 1.807) is 41.3 Å². The molecule has 0 saturated heterocycles. The predicted octanol–water partition coefficient (Wildman–Crippen LogP) is 0.629. The Labute approximate surface area is 177 Å². The highest BCUT2D eigenvalue weighted by molar-refractivity contribution is 5.98. The first-order valence-electron chi connectivity index (χ1n) is 9.56. The zero-order chi connectivity index (χ0) is 21.6. The summed E-state index contributed by atoms with van der Waals surface area (Å²) < 4.78 is 6.98. The molecule has 11 nitrogen and oxygen atoms in total. The van der Waals surface area contributed by atoms with Crippen molar-refractivity contribution < 1.29 is 19.1 Å². The van der Waals surface area contributed by atoms with Gasteiger partial charge in [0.05, 0.1) is 17.9 Å². The second-order valence-electron chi connectivity index (χ2n) is 6.67. The van der Waals surface area contributed by atoms with Crippen molar-refractivity contribution in [2.45, 2.75) is 12.8 Å². The van der Waals surface area contributed by atoms with Crippen LogP contribution in [0.15, 0.2) is 54.9 Å². The maximum absolute atomic E-state index is 12.5. The van der Waals surface area contributed by atoms with Gasteiger partial charge in [-0.05, 0) is 46.8 Å². The largest absolute Gasteiger partial charge is 0.490 e. The van der Waals surface area contributed by atoms with Gasteiger partial charge < -0.3 is 9.64 Å². The van der Waals surface area contributed by atoms with Crippen molar-refractivity contribution >= 4 is 23.4 Å². The second kappa shape index (κ2) is 9.03. The zero-order valence-corrected chi connectivity index (χ0v) is 16.4. The molecular formula is C20H19N7O4. The van der Waals surface area contributed by atoms with Crippen LogP contribution in [0.5, 0.6) is 5.75 Å². The molecule has 158 valence electrons. The number of carbonyl (C=O) groups excluding carboxylic acids is 3. The Morgan fingerprint density at radius 2 is 1.81 bits per heavy atom. The first-order valence-corrected chi connectivity index (χ1v) is 9.56. The summed E-state index contributed by atoms with van der Waals surface area (Å²) in [6, 6.07) is 13.8. The lowest BCUT2D eigenvalue weighted by molar-refractivity contribution is -0.125. The normalized spacial score (nSPS) is 12.5. The minimum absolute atomic E-state index is 0.0106. The highest BCUT2D eigenvalue weighted by Gasteiger charge is 2.23. The van der Waals surface area contributed by atoms with E-state index in [0.29, 0.717) is 35.8 Å². The standard InChI is InChI=1S/C20H19N7O4/c28-18(9-10-19(29)26-11-12-31-17-4-2-1-3-16(17)26)22-23-20(30)14-5-7-15(8-6-14)27-13-21-24-25-27/h1-8,13H,9-12H2,(H,22,28)(H,23,30). The van der Waals surface area contributed by atoms with Crippen molar-refractivity contribution in [1.82, 2.24) is 31.1 Å². The summed E-state index contributed by atoms with van der Waals surface area (Å²) in [5, 5.41) is 10.9. The van der Waals surface area contributed by atoms with E-state index in [1.807, 2.05) is 12.1 Å². The number of para-hydroxylation sites is 2. The molecule has 0 aliphatic carbocycles. The Bertz CT molecular complexity index is 1080. The summed E-state index contributed by atoms with van der Waals surface area (Å²) in [7, 11) is 0. The third-order valence-corrected chi connectivity index (χ3v) is 4.65. The van der Waals surface area contributed by atoms with Crippen LogP contribution in [0, 0.1) is 0 Å². The Morgan fingerprint density at radius 1 is 1.00 bits per heavy atom. The summed E-state index contributed by atoms with van der Waals surface area (Å²) in [5.74, 6) is -0.487. The molecule has 0 bridgehead atoms. The van der Waals surface area contributed by atoms with Crippen molar-refractivity contribution in [3.05, 3.63) is 60.4 Å². The molecule has 2 N–H and O–H groups in total. The average Bonchev–Trinajstić information content (AvgIpc) is 3.36. The highest BCUT2D eigenvalue weighted by Crippen LogP contribution is 2.31. The van der Waals surface area contributed by atoms with Gasteiger partial charge in [-0.25, -0.2) is 4.68 Å². The Balaban J connectivity index is 1.25. The number of nitrogens with one attached hydrogen (secondary N) is 2. The van der Waals surface area contributed by atoms with E-state index in [1.165, 1.54) is 11.0 Å². The van der Waals surface area contributed by atoms with E-state index < -0.39 is 11.8 Å². The van der Waals surface area contributed by atoms with Crippen LogP contribution in [0.25, 0.3) is 5.69 Å². The third kappa shape index (κ3) is 4.66. The number of amides is 3. The summed E-state index contributed by atoms with van der Waals surface area (Å²) >= 11 is 0. The van der Waals surface area contributed by atoms with Gasteiger partial charge in [-0.1, -0.05) is 12.1 Å². The number of carbonyl (C=O) groups is 3. The maximum atomic E-state index is 12.5. The molecule has 0 atom stereocenters. The molecule has 0 unspecified atom stereocenters. The van der Waals surface area contributed by atoms with Gasteiger partial charge in [-0.15, -0.1) is 5.10 Å². The van der Waals surface area contributed by atoms with Crippen LogP contribution in [0.1, 0.15) is 23.2 Å². The van der Waals surface area contributed by atoms with Crippen molar-refractivity contribution in [2.24, 2.45) is 0 Å². The van der Waals surface area contributed by atoms with E-state index in [-0.39, 0.29) is 18.7 Å². The number of tetrazole rings is 1. The smallest absolute Gasteiger partial charge is 0.269 e. The average molecular weight is 421 g/mol. The van der Waals surface area contributed by atoms with Crippen molar-refractivity contribution in [3.63, 3.8) is 0 Å². The molecule has 4 rings (SSSR count). The summed E-state index contributed by atoms with van der Waals surface area (Å²) in [6.07, 6.45) is 1.39. The minimum Gasteiger partial charge on any atom is -0.490 e. The molecule has 0 radical (unpaired) electrons. The van der Waals surface area contributed by atoms with Crippen LogP contribution in [0.4, 0.5) is 5.69 Å². The van der Waals surface area contributed by atoms with Gasteiger partial charge in [-0.2, -0.15) is 0 Å². The van der Waals surface area contributed by atoms with Gasteiger partial charge in [0.15, 0.2) is 0 Å². The fraction of sp³-hybridized carbons (Fsp3) is 0.200. The van der Waals surface area contributed by atoms with E-state index in [2.05, 4.69) is 26.4 Å². The van der Waals surface area contributed by atoms with E-state index >= 15 is 0 Å². The van der Waals surface area contributed by atoms with Crippen molar-refractivity contribution in [3.8, 4) is 11.4 Å². The molecule has 11 heteroatoms. The Hall–Kier alpha value is -4.28. The third-order valence-electron chi connectivity index (χ3n) is 4.65. The monoisotopic (exact) mass is 421 g/mol. The number of hydrogen-bond donors (Lipinski definition) is 2. The number of ether oxygens (including phenoxy) is 1. The number of rotatable bonds is 5. The van der Waals surface area contributed by atoms with Crippen molar-refractivity contribution in [2.75, 3.05) is 18.1 Å². The second-order valence-corrected chi connectivity index (χ2v) is 6.67. The number of hydrazine groups is 1. The summed E-state index contributed by atoms with van der Waals surface area (Å²) in [5.41, 5.74) is 6.40.